The Morgan fingerprint density at radius 3 is 2.53 bits per heavy atom. The van der Waals surface area contributed by atoms with Crippen LogP contribution in [0.3, 0.4) is 0 Å². The molecule has 2 N–H and O–H groups in total. The number of aliphatic hydroxyl groups excluding tert-OH is 1. The maximum atomic E-state index is 10.8. The lowest BCUT2D eigenvalue weighted by Gasteiger charge is -2.71. The standard InChI is InChI=1S/C26H36O4/c1-23-11-7-20-24(2)9-4-10-26(20,15-29-22(24)28)19(23)8-12-25(3)21(23)14-16-13-17(27)5-6-18(16)30-25/h5-6,13,19-22,27-28H,4,7-12,14-15H2,1-3H3/t19-,20-,21-,22?,23+,24-,25-,26-/m0/s1. The zero-order valence-corrected chi connectivity index (χ0v) is 18.6. The van der Waals surface area contributed by atoms with Crippen LogP contribution in [-0.4, -0.2) is 28.7 Å². The van der Waals surface area contributed by atoms with Crippen molar-refractivity contribution in [1.29, 1.82) is 0 Å². The normalized spacial score (nSPS) is 51.6. The van der Waals surface area contributed by atoms with Gasteiger partial charge < -0.3 is 19.7 Å². The molecule has 0 aromatic heterocycles. The Labute approximate surface area is 180 Å². The maximum Gasteiger partial charge on any atom is 0.160 e. The van der Waals surface area contributed by atoms with Gasteiger partial charge in [0, 0.05) is 16.7 Å². The van der Waals surface area contributed by atoms with Crippen LogP contribution in [0.5, 0.6) is 11.5 Å². The van der Waals surface area contributed by atoms with Crippen LogP contribution in [0, 0.1) is 34.0 Å². The van der Waals surface area contributed by atoms with Crippen molar-refractivity contribution in [3.8, 4) is 11.5 Å². The predicted molar refractivity (Wildman–Crippen MR) is 114 cm³/mol. The molecule has 4 nitrogen and oxygen atoms in total. The Kier molecular flexibility index (Phi) is 3.85. The number of benzene rings is 1. The van der Waals surface area contributed by atoms with E-state index in [1.165, 1.54) is 32.1 Å². The summed E-state index contributed by atoms with van der Waals surface area (Å²) in [7, 11) is 0. The van der Waals surface area contributed by atoms with Crippen LogP contribution < -0.4 is 4.74 Å². The molecule has 1 unspecified atom stereocenters. The van der Waals surface area contributed by atoms with Gasteiger partial charge in [0.25, 0.3) is 0 Å². The molecule has 1 saturated heterocycles. The van der Waals surface area contributed by atoms with Gasteiger partial charge in [-0.2, -0.15) is 0 Å². The van der Waals surface area contributed by atoms with Gasteiger partial charge in [0.05, 0.1) is 6.61 Å². The molecule has 4 heteroatoms. The summed E-state index contributed by atoms with van der Waals surface area (Å²) in [4.78, 5) is 0. The first-order valence-electron chi connectivity index (χ1n) is 12.0. The first-order valence-corrected chi connectivity index (χ1v) is 12.0. The summed E-state index contributed by atoms with van der Waals surface area (Å²) in [5.41, 5.74) is 1.30. The SMILES string of the molecule is C[C@@]12CC[C@@H]3[C@]4(CCC[C@]3(C)C(O)OC4)[C@H]1CC[C@]1(C)Oc3ccc(O)cc3C[C@@H]21. The number of ether oxygens (including phenoxy) is 2. The Morgan fingerprint density at radius 1 is 0.933 bits per heavy atom. The summed E-state index contributed by atoms with van der Waals surface area (Å²) in [5, 5.41) is 20.8. The Balaban J connectivity index is 1.42. The van der Waals surface area contributed by atoms with E-state index in [2.05, 4.69) is 20.8 Å². The maximum absolute atomic E-state index is 10.8. The molecule has 1 aromatic rings. The number of aromatic hydroxyl groups is 1. The molecule has 6 rings (SSSR count). The summed E-state index contributed by atoms with van der Waals surface area (Å²) in [5.74, 6) is 2.89. The van der Waals surface area contributed by atoms with Crippen molar-refractivity contribution < 1.29 is 19.7 Å². The number of phenols is 1. The number of phenolic OH excluding ortho intramolecular Hbond substituents is 1. The molecule has 164 valence electrons. The average Bonchev–Trinajstić information content (AvgIpc) is 2.70. The molecule has 8 atom stereocenters. The first kappa shape index (κ1) is 19.4. The molecule has 1 aromatic carbocycles. The van der Waals surface area contributed by atoms with Crippen LogP contribution in [0.25, 0.3) is 0 Å². The fourth-order valence-corrected chi connectivity index (χ4v) is 9.32. The van der Waals surface area contributed by atoms with Gasteiger partial charge >= 0.3 is 0 Å². The molecule has 0 amide bonds. The molecule has 3 saturated carbocycles. The number of aliphatic hydroxyl groups is 1. The average molecular weight is 413 g/mol. The largest absolute Gasteiger partial charge is 0.508 e. The first-order chi connectivity index (χ1) is 14.2. The van der Waals surface area contributed by atoms with E-state index in [-0.39, 0.29) is 21.8 Å². The van der Waals surface area contributed by atoms with Crippen LogP contribution in [0.4, 0.5) is 0 Å². The lowest BCUT2D eigenvalue weighted by Crippen LogP contribution is -2.69. The van der Waals surface area contributed by atoms with Gasteiger partial charge in [-0.15, -0.1) is 0 Å². The van der Waals surface area contributed by atoms with Crippen molar-refractivity contribution in [2.24, 2.45) is 34.0 Å². The van der Waals surface area contributed by atoms with Gasteiger partial charge in [-0.05, 0) is 92.9 Å². The van der Waals surface area contributed by atoms with Gasteiger partial charge in [-0.3, -0.25) is 0 Å². The highest BCUT2D eigenvalue weighted by atomic mass is 16.6. The fraction of sp³-hybridized carbons (Fsp3) is 0.769. The number of rotatable bonds is 0. The van der Waals surface area contributed by atoms with E-state index in [1.807, 2.05) is 12.1 Å². The van der Waals surface area contributed by atoms with Gasteiger partial charge in [0.2, 0.25) is 0 Å². The van der Waals surface area contributed by atoms with Crippen LogP contribution in [0.2, 0.25) is 0 Å². The molecule has 2 aliphatic heterocycles. The summed E-state index contributed by atoms with van der Waals surface area (Å²) in [6.45, 7) is 7.85. The molecule has 2 bridgehead atoms. The highest BCUT2D eigenvalue weighted by molar-refractivity contribution is 5.43. The highest BCUT2D eigenvalue weighted by Crippen LogP contribution is 2.72. The Hall–Kier alpha value is -1.26. The third-order valence-electron chi connectivity index (χ3n) is 10.7. The summed E-state index contributed by atoms with van der Waals surface area (Å²) in [6.07, 6.45) is 8.54. The van der Waals surface area contributed by atoms with Gasteiger partial charge in [0.1, 0.15) is 17.1 Å². The van der Waals surface area contributed by atoms with Crippen LogP contribution in [0.15, 0.2) is 18.2 Å². The molecule has 5 aliphatic rings. The molecular weight excluding hydrogens is 376 g/mol. The quantitative estimate of drug-likeness (QED) is 0.626. The molecule has 30 heavy (non-hydrogen) atoms. The van der Waals surface area contributed by atoms with Crippen molar-refractivity contribution in [1.82, 2.24) is 0 Å². The monoisotopic (exact) mass is 412 g/mol. The molecular formula is C26H36O4. The number of hydrogen-bond donors (Lipinski definition) is 2. The third-order valence-corrected chi connectivity index (χ3v) is 10.7. The highest BCUT2D eigenvalue weighted by Gasteiger charge is 2.70. The van der Waals surface area contributed by atoms with Crippen molar-refractivity contribution in [2.45, 2.75) is 84.0 Å². The minimum Gasteiger partial charge on any atom is -0.508 e. The smallest absolute Gasteiger partial charge is 0.160 e. The fourth-order valence-electron chi connectivity index (χ4n) is 9.32. The minimum atomic E-state index is -0.609. The molecule has 4 fully saturated rings. The second kappa shape index (κ2) is 5.95. The van der Waals surface area contributed by atoms with E-state index in [0.29, 0.717) is 23.5 Å². The van der Waals surface area contributed by atoms with Crippen LogP contribution >= 0.6 is 0 Å². The topological polar surface area (TPSA) is 58.9 Å². The molecule has 3 aliphatic carbocycles. The summed E-state index contributed by atoms with van der Waals surface area (Å²) >= 11 is 0. The van der Waals surface area contributed by atoms with E-state index in [4.69, 9.17) is 9.47 Å². The molecule has 0 spiro atoms. The Morgan fingerprint density at radius 2 is 1.70 bits per heavy atom. The molecule has 2 heterocycles. The van der Waals surface area contributed by atoms with Crippen molar-refractivity contribution in [3.05, 3.63) is 23.8 Å². The van der Waals surface area contributed by atoms with E-state index in [9.17, 15) is 10.2 Å². The van der Waals surface area contributed by atoms with Crippen molar-refractivity contribution in [3.63, 3.8) is 0 Å². The number of hydrogen-bond acceptors (Lipinski definition) is 4. The second-order valence-corrected chi connectivity index (χ2v) is 11.9. The zero-order valence-electron chi connectivity index (χ0n) is 18.6. The second-order valence-electron chi connectivity index (χ2n) is 11.9. The van der Waals surface area contributed by atoms with Gasteiger partial charge in [-0.1, -0.05) is 20.3 Å². The van der Waals surface area contributed by atoms with E-state index >= 15 is 0 Å². The summed E-state index contributed by atoms with van der Waals surface area (Å²) in [6, 6.07) is 5.59. The minimum absolute atomic E-state index is 0.0972. The Bertz CT molecular complexity index is 884. The zero-order chi connectivity index (χ0) is 20.9. The van der Waals surface area contributed by atoms with Gasteiger partial charge in [-0.25, -0.2) is 0 Å². The van der Waals surface area contributed by atoms with Crippen molar-refractivity contribution >= 4 is 0 Å². The lowest BCUT2D eigenvalue weighted by atomic mass is 9.36. The number of fused-ring (bicyclic) bond motifs is 4. The lowest BCUT2D eigenvalue weighted by molar-refractivity contribution is -0.327. The molecule has 0 radical (unpaired) electrons. The van der Waals surface area contributed by atoms with Crippen molar-refractivity contribution in [2.75, 3.05) is 6.61 Å². The van der Waals surface area contributed by atoms with Crippen LogP contribution in [-0.2, 0) is 11.2 Å². The van der Waals surface area contributed by atoms with E-state index in [0.717, 1.165) is 37.2 Å². The van der Waals surface area contributed by atoms with Crippen LogP contribution in [0.1, 0.15) is 71.3 Å². The predicted octanol–water partition coefficient (Wildman–Crippen LogP) is 5.05. The summed E-state index contributed by atoms with van der Waals surface area (Å²) < 4.78 is 12.8. The van der Waals surface area contributed by atoms with E-state index in [1.54, 1.807) is 6.07 Å². The third kappa shape index (κ3) is 2.25. The van der Waals surface area contributed by atoms with Gasteiger partial charge in [0.15, 0.2) is 6.29 Å². The van der Waals surface area contributed by atoms with E-state index < -0.39 is 6.29 Å².